The maximum absolute atomic E-state index is 12.9. The molecule has 0 saturated heterocycles. The van der Waals surface area contributed by atoms with Crippen LogP contribution in [0, 0.1) is 0 Å². The fraction of sp³-hybridized carbons (Fsp3) is 0.797. The van der Waals surface area contributed by atoms with Gasteiger partial charge in [-0.15, -0.1) is 0 Å². The van der Waals surface area contributed by atoms with E-state index in [9.17, 15) is 14.4 Å². The van der Waals surface area contributed by atoms with Crippen LogP contribution >= 0.6 is 0 Å². The summed E-state index contributed by atoms with van der Waals surface area (Å²) < 4.78 is 17.0. The van der Waals surface area contributed by atoms with E-state index in [-0.39, 0.29) is 31.1 Å². The lowest BCUT2D eigenvalue weighted by Crippen LogP contribution is -2.30. The SMILES string of the molecule is CC/C=C\C/C=C\C/C=C\CCCCCCCCCC(=O)OCC(COC(=O)CCCCCCCCCCCCCCCCC/C=C\C/C=C\CCCCCCC)OC(=O)CCCCCCCCC/C=C\CCCCCCCCC. The van der Waals surface area contributed by atoms with Gasteiger partial charge < -0.3 is 14.2 Å². The molecule has 0 heterocycles. The summed E-state index contributed by atoms with van der Waals surface area (Å²) in [5.74, 6) is -0.873. The van der Waals surface area contributed by atoms with Gasteiger partial charge in [0.05, 0.1) is 0 Å². The Morgan fingerprint density at radius 1 is 0.263 bits per heavy atom. The van der Waals surface area contributed by atoms with Gasteiger partial charge in [0.25, 0.3) is 0 Å². The zero-order valence-electron chi connectivity index (χ0n) is 53.3. The van der Waals surface area contributed by atoms with E-state index in [1.54, 1.807) is 0 Å². The van der Waals surface area contributed by atoms with Crippen LogP contribution in [0.15, 0.2) is 72.9 Å². The number of carbonyl (C=O) groups excluding carboxylic acids is 3. The number of esters is 3. The van der Waals surface area contributed by atoms with Crippen LogP contribution in [0.5, 0.6) is 0 Å². The Morgan fingerprint density at radius 2 is 0.487 bits per heavy atom. The van der Waals surface area contributed by atoms with Crippen LogP contribution in [0.4, 0.5) is 0 Å². The van der Waals surface area contributed by atoms with E-state index in [1.165, 1.54) is 231 Å². The van der Waals surface area contributed by atoms with Crippen LogP contribution < -0.4 is 0 Å². The minimum Gasteiger partial charge on any atom is -0.462 e. The van der Waals surface area contributed by atoms with Crippen LogP contribution in [-0.2, 0) is 28.6 Å². The number of hydrogen-bond acceptors (Lipinski definition) is 6. The van der Waals surface area contributed by atoms with Crippen molar-refractivity contribution in [1.82, 2.24) is 0 Å². The molecule has 0 aliphatic rings. The Kier molecular flexibility index (Phi) is 65.7. The first-order chi connectivity index (χ1) is 39.5. The molecule has 6 nitrogen and oxygen atoms in total. The van der Waals surface area contributed by atoms with Gasteiger partial charge in [0.1, 0.15) is 13.2 Å². The molecule has 0 aliphatic carbocycles. The molecular weight excluding hydrogens is 985 g/mol. The van der Waals surface area contributed by atoms with E-state index in [2.05, 4.69) is 93.7 Å². The second-order valence-electron chi connectivity index (χ2n) is 23.4. The summed E-state index contributed by atoms with van der Waals surface area (Å²) >= 11 is 0. The average molecular weight is 1120 g/mol. The van der Waals surface area contributed by atoms with Crippen molar-refractivity contribution in [2.24, 2.45) is 0 Å². The fourth-order valence-corrected chi connectivity index (χ4v) is 10.2. The molecule has 0 amide bonds. The van der Waals surface area contributed by atoms with Crippen molar-refractivity contribution in [2.45, 2.75) is 367 Å². The largest absolute Gasteiger partial charge is 0.462 e. The highest BCUT2D eigenvalue weighted by atomic mass is 16.6. The summed E-state index contributed by atoms with van der Waals surface area (Å²) in [6.07, 6.45) is 89.2. The van der Waals surface area contributed by atoms with Crippen molar-refractivity contribution in [1.29, 1.82) is 0 Å². The van der Waals surface area contributed by atoms with Gasteiger partial charge in [-0.2, -0.15) is 0 Å². The van der Waals surface area contributed by atoms with Crippen molar-refractivity contribution in [3.63, 3.8) is 0 Å². The van der Waals surface area contributed by atoms with Crippen molar-refractivity contribution < 1.29 is 28.6 Å². The first-order valence-corrected chi connectivity index (χ1v) is 34.9. The van der Waals surface area contributed by atoms with Crippen LogP contribution in [-0.4, -0.2) is 37.2 Å². The molecule has 0 saturated carbocycles. The zero-order valence-corrected chi connectivity index (χ0v) is 53.3. The third kappa shape index (κ3) is 65.7. The predicted octanol–water partition coefficient (Wildman–Crippen LogP) is 24.1. The summed E-state index contributed by atoms with van der Waals surface area (Å²) in [6, 6.07) is 0. The van der Waals surface area contributed by atoms with E-state index < -0.39 is 6.10 Å². The molecule has 0 bridgehead atoms. The van der Waals surface area contributed by atoms with E-state index in [1.807, 2.05) is 0 Å². The topological polar surface area (TPSA) is 78.9 Å². The number of unbranched alkanes of at least 4 members (excludes halogenated alkanes) is 41. The number of rotatable bonds is 64. The molecule has 0 N–H and O–H groups in total. The molecule has 0 aliphatic heterocycles. The van der Waals surface area contributed by atoms with Gasteiger partial charge >= 0.3 is 17.9 Å². The van der Waals surface area contributed by atoms with E-state index in [0.29, 0.717) is 19.3 Å². The molecule has 6 heteroatoms. The molecule has 1 atom stereocenters. The minimum atomic E-state index is -0.783. The normalized spacial score (nSPS) is 12.5. The van der Waals surface area contributed by atoms with Gasteiger partial charge in [0.15, 0.2) is 6.10 Å². The lowest BCUT2D eigenvalue weighted by Gasteiger charge is -2.18. The molecular formula is C74H132O6. The van der Waals surface area contributed by atoms with Gasteiger partial charge in [-0.1, -0.05) is 306 Å². The van der Waals surface area contributed by atoms with Crippen LogP contribution in [0.2, 0.25) is 0 Å². The van der Waals surface area contributed by atoms with Gasteiger partial charge in [-0.3, -0.25) is 14.4 Å². The molecule has 0 radical (unpaired) electrons. The Morgan fingerprint density at radius 3 is 0.775 bits per heavy atom. The highest BCUT2D eigenvalue weighted by molar-refractivity contribution is 5.71. The molecule has 0 aromatic rings. The summed E-state index contributed by atoms with van der Waals surface area (Å²) in [6.45, 7) is 6.56. The quantitative estimate of drug-likeness (QED) is 0.0261. The average Bonchev–Trinajstić information content (AvgIpc) is 3.46. The van der Waals surface area contributed by atoms with Gasteiger partial charge in [0, 0.05) is 19.3 Å². The summed E-state index contributed by atoms with van der Waals surface area (Å²) in [5.41, 5.74) is 0. The predicted molar refractivity (Wildman–Crippen MR) is 348 cm³/mol. The van der Waals surface area contributed by atoms with Crippen molar-refractivity contribution in [2.75, 3.05) is 13.2 Å². The third-order valence-electron chi connectivity index (χ3n) is 15.4. The first kappa shape index (κ1) is 76.9. The van der Waals surface area contributed by atoms with E-state index in [0.717, 1.165) is 89.9 Å². The van der Waals surface area contributed by atoms with E-state index >= 15 is 0 Å². The molecule has 0 fully saturated rings. The maximum Gasteiger partial charge on any atom is 0.306 e. The van der Waals surface area contributed by atoms with Gasteiger partial charge in [-0.25, -0.2) is 0 Å². The van der Waals surface area contributed by atoms with Crippen molar-refractivity contribution in [3.05, 3.63) is 72.9 Å². The molecule has 80 heavy (non-hydrogen) atoms. The number of allylic oxidation sites excluding steroid dienone is 12. The smallest absolute Gasteiger partial charge is 0.306 e. The Bertz CT molecular complexity index is 1470. The molecule has 0 aromatic carbocycles. The van der Waals surface area contributed by atoms with Gasteiger partial charge in [0.2, 0.25) is 0 Å². The maximum atomic E-state index is 12.9. The van der Waals surface area contributed by atoms with Crippen molar-refractivity contribution in [3.8, 4) is 0 Å². The molecule has 0 rings (SSSR count). The molecule has 0 spiro atoms. The second-order valence-corrected chi connectivity index (χ2v) is 23.4. The minimum absolute atomic E-state index is 0.0778. The van der Waals surface area contributed by atoms with Crippen LogP contribution in [0.25, 0.3) is 0 Å². The van der Waals surface area contributed by atoms with Crippen LogP contribution in [0.1, 0.15) is 361 Å². The molecule has 1 unspecified atom stereocenters. The first-order valence-electron chi connectivity index (χ1n) is 34.9. The third-order valence-corrected chi connectivity index (χ3v) is 15.4. The summed E-state index contributed by atoms with van der Waals surface area (Å²) in [5, 5.41) is 0. The Labute approximate surface area is 497 Å². The second kappa shape index (κ2) is 68.3. The number of carbonyl (C=O) groups is 3. The lowest BCUT2D eigenvalue weighted by atomic mass is 10.0. The molecule has 0 aromatic heterocycles. The lowest BCUT2D eigenvalue weighted by molar-refractivity contribution is -0.167. The Hall–Kier alpha value is -3.15. The highest BCUT2D eigenvalue weighted by Gasteiger charge is 2.19. The highest BCUT2D eigenvalue weighted by Crippen LogP contribution is 2.17. The monoisotopic (exact) mass is 1120 g/mol. The van der Waals surface area contributed by atoms with Gasteiger partial charge in [-0.05, 0) is 109 Å². The fourth-order valence-electron chi connectivity index (χ4n) is 10.2. The standard InChI is InChI=1S/C74H132O6/c1-4-7-10-13-16-19-22-25-28-31-33-34-35-36-37-38-39-40-41-44-46-49-52-55-58-61-64-67-73(76)79-70-71(69-78-72(75)66-63-60-57-54-51-48-45-42-30-27-24-21-18-15-12-9-6-3)80-74(77)68-65-62-59-56-53-50-47-43-32-29-26-23-20-17-14-11-8-5-2/h9,12,18,21-22,25,27,29-33,71H,4-8,10-11,13-17,19-20,23-24,26,28,34-70H2,1-3H3/b12-9-,21-18-,25-22-,30-27-,32-29-,33-31-. The summed E-state index contributed by atoms with van der Waals surface area (Å²) in [7, 11) is 0. The number of hydrogen-bond donors (Lipinski definition) is 0. The Balaban J connectivity index is 4.30. The van der Waals surface area contributed by atoms with Crippen molar-refractivity contribution >= 4 is 17.9 Å². The zero-order chi connectivity index (χ0) is 57.8. The number of ether oxygens (including phenoxy) is 3. The summed E-state index contributed by atoms with van der Waals surface area (Å²) in [4.78, 5) is 38.4. The molecule has 464 valence electrons. The van der Waals surface area contributed by atoms with E-state index in [4.69, 9.17) is 14.2 Å². The van der Waals surface area contributed by atoms with Crippen LogP contribution in [0.3, 0.4) is 0 Å².